The van der Waals surface area contributed by atoms with E-state index < -0.39 is 0 Å². The number of aromatic nitrogens is 2. The van der Waals surface area contributed by atoms with E-state index in [1.807, 2.05) is 42.4 Å². The van der Waals surface area contributed by atoms with E-state index in [1.165, 1.54) is 16.5 Å². The van der Waals surface area contributed by atoms with Crippen LogP contribution in [0.15, 0.2) is 55.0 Å². The Morgan fingerprint density at radius 3 is 3.00 bits per heavy atom. The third-order valence-electron chi connectivity index (χ3n) is 3.20. The summed E-state index contributed by atoms with van der Waals surface area (Å²) in [7, 11) is 0. The summed E-state index contributed by atoms with van der Waals surface area (Å²) in [5.41, 5.74) is 2.53. The molecule has 0 spiro atoms. The standard InChI is InChI=1S/C16H15ClN2S/c17-15-3-4-16-14(10-15)5-7-19(16)8-9-20-12-13-2-1-6-18-11-13/h1-7,10-11H,8-9,12H2. The van der Waals surface area contributed by atoms with Gasteiger partial charge in [-0.15, -0.1) is 0 Å². The van der Waals surface area contributed by atoms with Gasteiger partial charge in [0.15, 0.2) is 0 Å². The molecule has 0 radical (unpaired) electrons. The summed E-state index contributed by atoms with van der Waals surface area (Å²) in [5, 5.41) is 2.00. The molecule has 0 aliphatic rings. The zero-order chi connectivity index (χ0) is 13.8. The highest BCUT2D eigenvalue weighted by Crippen LogP contribution is 2.21. The van der Waals surface area contributed by atoms with Crippen LogP contribution in [0.5, 0.6) is 0 Å². The van der Waals surface area contributed by atoms with Crippen molar-refractivity contribution in [2.45, 2.75) is 12.3 Å². The second-order valence-corrected chi connectivity index (χ2v) is 6.17. The van der Waals surface area contributed by atoms with Crippen LogP contribution in [-0.4, -0.2) is 15.3 Å². The lowest BCUT2D eigenvalue weighted by Crippen LogP contribution is -1.98. The monoisotopic (exact) mass is 302 g/mol. The van der Waals surface area contributed by atoms with Crippen molar-refractivity contribution in [2.24, 2.45) is 0 Å². The molecule has 2 heterocycles. The second kappa shape index (κ2) is 6.33. The largest absolute Gasteiger partial charge is 0.347 e. The molecule has 0 amide bonds. The molecule has 20 heavy (non-hydrogen) atoms. The van der Waals surface area contributed by atoms with E-state index in [2.05, 4.69) is 33.9 Å². The minimum Gasteiger partial charge on any atom is -0.347 e. The first-order chi connectivity index (χ1) is 9.83. The van der Waals surface area contributed by atoms with Gasteiger partial charge >= 0.3 is 0 Å². The molecule has 0 aliphatic carbocycles. The Hall–Kier alpha value is -1.45. The van der Waals surface area contributed by atoms with Crippen molar-refractivity contribution in [3.05, 3.63) is 65.6 Å². The number of benzene rings is 1. The molecule has 4 heteroatoms. The van der Waals surface area contributed by atoms with E-state index in [4.69, 9.17) is 11.6 Å². The van der Waals surface area contributed by atoms with Crippen LogP contribution in [-0.2, 0) is 12.3 Å². The van der Waals surface area contributed by atoms with Crippen LogP contribution < -0.4 is 0 Å². The van der Waals surface area contributed by atoms with E-state index in [0.717, 1.165) is 23.1 Å². The van der Waals surface area contributed by atoms with E-state index in [9.17, 15) is 0 Å². The number of pyridine rings is 1. The fourth-order valence-electron chi connectivity index (χ4n) is 2.20. The summed E-state index contributed by atoms with van der Waals surface area (Å²) in [4.78, 5) is 4.13. The normalized spacial score (nSPS) is 11.1. The molecule has 0 unspecified atom stereocenters. The summed E-state index contributed by atoms with van der Waals surface area (Å²) in [5.74, 6) is 2.10. The predicted molar refractivity (Wildman–Crippen MR) is 87.3 cm³/mol. The van der Waals surface area contributed by atoms with Gasteiger partial charge in [-0.2, -0.15) is 11.8 Å². The van der Waals surface area contributed by atoms with Crippen LogP contribution in [0.25, 0.3) is 10.9 Å². The summed E-state index contributed by atoms with van der Waals surface area (Å²) in [6.45, 7) is 1.01. The fraction of sp³-hybridized carbons (Fsp3) is 0.188. The van der Waals surface area contributed by atoms with E-state index in [1.54, 1.807) is 0 Å². The maximum atomic E-state index is 6.00. The topological polar surface area (TPSA) is 17.8 Å². The molecule has 0 atom stereocenters. The Bertz CT molecular complexity index is 694. The van der Waals surface area contributed by atoms with Crippen LogP contribution in [0.1, 0.15) is 5.56 Å². The van der Waals surface area contributed by atoms with E-state index in [0.29, 0.717) is 0 Å². The van der Waals surface area contributed by atoms with Gasteiger partial charge in [0.25, 0.3) is 0 Å². The molecule has 2 nitrogen and oxygen atoms in total. The Balaban J connectivity index is 1.58. The quantitative estimate of drug-likeness (QED) is 0.640. The van der Waals surface area contributed by atoms with Gasteiger partial charge in [0.05, 0.1) is 0 Å². The fourth-order valence-corrected chi connectivity index (χ4v) is 3.26. The van der Waals surface area contributed by atoms with Crippen molar-refractivity contribution in [3.8, 4) is 0 Å². The van der Waals surface area contributed by atoms with Gasteiger partial charge in [-0.25, -0.2) is 0 Å². The van der Waals surface area contributed by atoms with Gasteiger partial charge in [0, 0.05) is 52.6 Å². The van der Waals surface area contributed by atoms with Crippen molar-refractivity contribution >= 4 is 34.3 Å². The molecule has 0 bridgehead atoms. The van der Waals surface area contributed by atoms with Crippen LogP contribution in [0.4, 0.5) is 0 Å². The molecular formula is C16H15ClN2S. The third-order valence-corrected chi connectivity index (χ3v) is 4.44. The smallest absolute Gasteiger partial charge is 0.0481 e. The number of hydrogen-bond donors (Lipinski definition) is 0. The average Bonchev–Trinajstić information content (AvgIpc) is 2.87. The number of nitrogens with zero attached hydrogens (tertiary/aromatic N) is 2. The van der Waals surface area contributed by atoms with Crippen molar-refractivity contribution in [2.75, 3.05) is 5.75 Å². The lowest BCUT2D eigenvalue weighted by atomic mass is 10.2. The van der Waals surface area contributed by atoms with Gasteiger partial charge < -0.3 is 4.57 Å². The highest BCUT2D eigenvalue weighted by Gasteiger charge is 2.01. The summed E-state index contributed by atoms with van der Waals surface area (Å²) in [6, 6.07) is 12.3. The minimum atomic E-state index is 0.793. The summed E-state index contributed by atoms with van der Waals surface area (Å²) < 4.78 is 2.28. The minimum absolute atomic E-state index is 0.793. The van der Waals surface area contributed by atoms with Crippen LogP contribution in [0.2, 0.25) is 5.02 Å². The molecule has 0 saturated heterocycles. The highest BCUT2D eigenvalue weighted by atomic mass is 35.5. The maximum absolute atomic E-state index is 6.00. The van der Waals surface area contributed by atoms with Gasteiger partial charge in [0.1, 0.15) is 0 Å². The Labute approximate surface area is 127 Å². The highest BCUT2D eigenvalue weighted by molar-refractivity contribution is 7.98. The van der Waals surface area contributed by atoms with Crippen molar-refractivity contribution in [3.63, 3.8) is 0 Å². The zero-order valence-electron chi connectivity index (χ0n) is 11.0. The average molecular weight is 303 g/mol. The molecular weight excluding hydrogens is 288 g/mol. The van der Waals surface area contributed by atoms with Crippen LogP contribution in [0.3, 0.4) is 0 Å². The molecule has 3 rings (SSSR count). The molecule has 0 N–H and O–H groups in total. The van der Waals surface area contributed by atoms with Gasteiger partial charge in [-0.05, 0) is 35.9 Å². The van der Waals surface area contributed by atoms with E-state index >= 15 is 0 Å². The number of halogens is 1. The van der Waals surface area contributed by atoms with Crippen molar-refractivity contribution in [1.82, 2.24) is 9.55 Å². The first kappa shape index (κ1) is 13.5. The SMILES string of the molecule is Clc1ccc2c(ccn2CCSCc2cccnc2)c1. The Kier molecular flexibility index (Phi) is 4.28. The second-order valence-electron chi connectivity index (χ2n) is 4.63. The first-order valence-corrected chi connectivity index (χ1v) is 8.07. The molecule has 2 aromatic heterocycles. The van der Waals surface area contributed by atoms with Crippen LogP contribution >= 0.6 is 23.4 Å². The number of thioether (sulfide) groups is 1. The van der Waals surface area contributed by atoms with Gasteiger partial charge in [-0.3, -0.25) is 4.98 Å². The third kappa shape index (κ3) is 3.17. The maximum Gasteiger partial charge on any atom is 0.0481 e. The zero-order valence-corrected chi connectivity index (χ0v) is 12.6. The number of rotatable bonds is 5. The predicted octanol–water partition coefficient (Wildman–Crippen LogP) is 4.62. The molecule has 3 aromatic rings. The Morgan fingerprint density at radius 1 is 1.20 bits per heavy atom. The number of fused-ring (bicyclic) bond motifs is 1. The van der Waals surface area contributed by atoms with Gasteiger partial charge in [-0.1, -0.05) is 17.7 Å². The number of hydrogen-bond acceptors (Lipinski definition) is 2. The molecule has 0 saturated carbocycles. The lowest BCUT2D eigenvalue weighted by molar-refractivity contribution is 0.807. The van der Waals surface area contributed by atoms with Crippen molar-refractivity contribution in [1.29, 1.82) is 0 Å². The molecule has 0 fully saturated rings. The molecule has 0 aliphatic heterocycles. The number of aryl methyl sites for hydroxylation is 1. The Morgan fingerprint density at radius 2 is 2.15 bits per heavy atom. The van der Waals surface area contributed by atoms with Gasteiger partial charge in [0.2, 0.25) is 0 Å². The summed E-state index contributed by atoms with van der Waals surface area (Å²) in [6.07, 6.45) is 5.87. The van der Waals surface area contributed by atoms with Crippen LogP contribution in [0, 0.1) is 0 Å². The summed E-state index contributed by atoms with van der Waals surface area (Å²) >= 11 is 7.93. The molecule has 1 aromatic carbocycles. The first-order valence-electron chi connectivity index (χ1n) is 6.54. The molecule has 102 valence electrons. The van der Waals surface area contributed by atoms with E-state index in [-0.39, 0.29) is 0 Å². The lowest BCUT2D eigenvalue weighted by Gasteiger charge is -2.05. The van der Waals surface area contributed by atoms with Crippen molar-refractivity contribution < 1.29 is 0 Å².